The highest BCUT2D eigenvalue weighted by Gasteiger charge is 2.42. The van der Waals surface area contributed by atoms with Gasteiger partial charge in [0.25, 0.3) is 0 Å². The molecule has 0 spiro atoms. The SMILES string of the molecule is CC(C)(N)C(C)(C)C(=O)OCl. The van der Waals surface area contributed by atoms with Crippen molar-refractivity contribution in [2.24, 2.45) is 11.1 Å². The van der Waals surface area contributed by atoms with Crippen LogP contribution >= 0.6 is 11.9 Å². The van der Waals surface area contributed by atoms with Crippen molar-refractivity contribution in [3.63, 3.8) is 0 Å². The molecular formula is C7H14ClNO2. The molecule has 0 rings (SSSR count). The summed E-state index contributed by atoms with van der Waals surface area (Å²) in [6, 6.07) is 0. The molecule has 0 aliphatic rings. The highest BCUT2D eigenvalue weighted by Crippen LogP contribution is 2.29. The number of hydrogen-bond donors (Lipinski definition) is 1. The van der Waals surface area contributed by atoms with Gasteiger partial charge in [-0.3, -0.25) is 0 Å². The Hall–Kier alpha value is -0.280. The lowest BCUT2D eigenvalue weighted by atomic mass is 9.75. The van der Waals surface area contributed by atoms with E-state index in [0.29, 0.717) is 0 Å². The zero-order chi connectivity index (χ0) is 9.28. The fourth-order valence-electron chi connectivity index (χ4n) is 0.359. The van der Waals surface area contributed by atoms with E-state index in [-0.39, 0.29) is 0 Å². The average molecular weight is 180 g/mol. The maximum atomic E-state index is 11.0. The van der Waals surface area contributed by atoms with Crippen LogP contribution in [0.5, 0.6) is 0 Å². The van der Waals surface area contributed by atoms with Crippen LogP contribution in [0.25, 0.3) is 0 Å². The van der Waals surface area contributed by atoms with Crippen LogP contribution in [0, 0.1) is 5.41 Å². The molecule has 0 bridgehead atoms. The molecule has 0 aromatic heterocycles. The van der Waals surface area contributed by atoms with Gasteiger partial charge in [-0.05, 0) is 27.7 Å². The highest BCUT2D eigenvalue weighted by molar-refractivity contribution is 6.13. The van der Waals surface area contributed by atoms with Gasteiger partial charge in [-0.2, -0.15) is 0 Å². The first-order chi connectivity index (χ1) is 4.73. The van der Waals surface area contributed by atoms with E-state index in [4.69, 9.17) is 17.6 Å². The van der Waals surface area contributed by atoms with Crippen molar-refractivity contribution >= 4 is 17.8 Å². The van der Waals surface area contributed by atoms with Crippen LogP contribution in [0.3, 0.4) is 0 Å². The molecule has 0 heterocycles. The van der Waals surface area contributed by atoms with E-state index in [2.05, 4.69) is 4.29 Å². The first kappa shape index (κ1) is 10.7. The molecule has 0 unspecified atom stereocenters. The van der Waals surface area contributed by atoms with Crippen molar-refractivity contribution in [2.75, 3.05) is 0 Å². The maximum Gasteiger partial charge on any atom is 0.332 e. The Labute approximate surface area is 72.0 Å². The minimum absolute atomic E-state index is 0.508. The van der Waals surface area contributed by atoms with Crippen molar-refractivity contribution in [3.05, 3.63) is 0 Å². The molecule has 0 fully saturated rings. The standard InChI is InChI=1S/C7H14ClNO2/c1-6(2,5(10)11-8)7(3,4)9/h9H2,1-4H3. The van der Waals surface area contributed by atoms with E-state index in [1.54, 1.807) is 27.7 Å². The zero-order valence-corrected chi connectivity index (χ0v) is 8.03. The second kappa shape index (κ2) is 2.99. The summed E-state index contributed by atoms with van der Waals surface area (Å²) in [4.78, 5) is 11.0. The summed E-state index contributed by atoms with van der Waals surface area (Å²) in [7, 11) is 0. The summed E-state index contributed by atoms with van der Waals surface area (Å²) in [5.74, 6) is -0.508. The minimum Gasteiger partial charge on any atom is -0.347 e. The maximum absolute atomic E-state index is 11.0. The smallest absolute Gasteiger partial charge is 0.332 e. The van der Waals surface area contributed by atoms with Gasteiger partial charge in [-0.15, -0.1) is 0 Å². The minimum atomic E-state index is -0.769. The average Bonchev–Trinajstić information content (AvgIpc) is 1.83. The molecule has 0 aliphatic carbocycles. The molecule has 0 saturated carbocycles. The van der Waals surface area contributed by atoms with Crippen LogP contribution in [0.2, 0.25) is 0 Å². The van der Waals surface area contributed by atoms with Gasteiger partial charge in [0.1, 0.15) is 11.9 Å². The summed E-state index contributed by atoms with van der Waals surface area (Å²) >= 11 is 4.94. The normalized spacial score (nSPS) is 12.9. The summed E-state index contributed by atoms with van der Waals surface area (Å²) in [5.41, 5.74) is 4.32. The Kier molecular flexibility index (Phi) is 2.91. The zero-order valence-electron chi connectivity index (χ0n) is 7.27. The predicted molar refractivity (Wildman–Crippen MR) is 44.0 cm³/mol. The van der Waals surface area contributed by atoms with Crippen molar-refractivity contribution in [1.29, 1.82) is 0 Å². The molecule has 0 amide bonds. The van der Waals surface area contributed by atoms with E-state index < -0.39 is 16.9 Å². The molecule has 0 saturated heterocycles. The monoisotopic (exact) mass is 179 g/mol. The van der Waals surface area contributed by atoms with Gasteiger partial charge >= 0.3 is 5.97 Å². The van der Waals surface area contributed by atoms with Crippen molar-refractivity contribution in [2.45, 2.75) is 33.2 Å². The lowest BCUT2D eigenvalue weighted by molar-refractivity contribution is -0.146. The molecule has 66 valence electrons. The molecule has 4 heteroatoms. The number of rotatable bonds is 2. The molecule has 0 atom stereocenters. The quantitative estimate of drug-likeness (QED) is 0.698. The topological polar surface area (TPSA) is 52.3 Å². The molecule has 2 N–H and O–H groups in total. The third kappa shape index (κ3) is 2.07. The van der Waals surface area contributed by atoms with Crippen molar-refractivity contribution in [1.82, 2.24) is 0 Å². The van der Waals surface area contributed by atoms with E-state index in [0.717, 1.165) is 0 Å². The summed E-state index contributed by atoms with van der Waals surface area (Å²) in [6.07, 6.45) is 0. The Morgan fingerprint density at radius 2 is 1.73 bits per heavy atom. The van der Waals surface area contributed by atoms with Crippen molar-refractivity contribution in [3.8, 4) is 0 Å². The van der Waals surface area contributed by atoms with Gasteiger partial charge in [0.2, 0.25) is 0 Å². The third-order valence-electron chi connectivity index (χ3n) is 2.19. The number of nitrogens with two attached hydrogens (primary N) is 1. The fraction of sp³-hybridized carbons (Fsp3) is 0.857. The third-order valence-corrected chi connectivity index (χ3v) is 2.33. The summed E-state index contributed by atoms with van der Waals surface area (Å²) in [5, 5.41) is 0. The van der Waals surface area contributed by atoms with Gasteiger partial charge in [-0.25, -0.2) is 4.79 Å². The molecular weight excluding hydrogens is 166 g/mol. The second-order valence-electron chi connectivity index (χ2n) is 3.71. The Morgan fingerprint density at radius 3 is 1.82 bits per heavy atom. The molecule has 3 nitrogen and oxygen atoms in total. The Bertz CT molecular complexity index is 160. The molecule has 0 aromatic rings. The van der Waals surface area contributed by atoms with E-state index in [1.807, 2.05) is 0 Å². The van der Waals surface area contributed by atoms with Crippen LogP contribution in [-0.2, 0) is 9.08 Å². The highest BCUT2D eigenvalue weighted by atomic mass is 35.5. The Morgan fingerprint density at radius 1 is 1.36 bits per heavy atom. The van der Waals surface area contributed by atoms with E-state index >= 15 is 0 Å². The number of carbonyl (C=O) groups is 1. The largest absolute Gasteiger partial charge is 0.347 e. The Balaban J connectivity index is 4.59. The van der Waals surface area contributed by atoms with Crippen LogP contribution in [-0.4, -0.2) is 11.5 Å². The molecule has 0 radical (unpaired) electrons. The van der Waals surface area contributed by atoms with Gasteiger partial charge < -0.3 is 10.0 Å². The van der Waals surface area contributed by atoms with E-state index in [9.17, 15) is 4.79 Å². The second-order valence-corrected chi connectivity index (χ2v) is 3.87. The first-order valence-electron chi connectivity index (χ1n) is 3.35. The van der Waals surface area contributed by atoms with E-state index in [1.165, 1.54) is 0 Å². The number of carbonyl (C=O) groups excluding carboxylic acids is 1. The number of hydrogen-bond acceptors (Lipinski definition) is 3. The molecule has 0 aliphatic heterocycles. The van der Waals surface area contributed by atoms with Crippen LogP contribution in [0.15, 0.2) is 0 Å². The van der Waals surface area contributed by atoms with Crippen LogP contribution in [0.4, 0.5) is 0 Å². The molecule has 11 heavy (non-hydrogen) atoms. The van der Waals surface area contributed by atoms with Gasteiger partial charge in [0, 0.05) is 5.54 Å². The van der Waals surface area contributed by atoms with Crippen LogP contribution in [0.1, 0.15) is 27.7 Å². The van der Waals surface area contributed by atoms with Gasteiger partial charge in [-0.1, -0.05) is 0 Å². The molecule has 0 aromatic carbocycles. The predicted octanol–water partition coefficient (Wildman–Crippen LogP) is 1.45. The fourth-order valence-corrected chi connectivity index (χ4v) is 0.552. The van der Waals surface area contributed by atoms with Crippen molar-refractivity contribution < 1.29 is 9.08 Å². The van der Waals surface area contributed by atoms with Gasteiger partial charge in [0.15, 0.2) is 0 Å². The summed E-state index contributed by atoms with van der Waals surface area (Å²) < 4.78 is 4.09. The van der Waals surface area contributed by atoms with Crippen LogP contribution < -0.4 is 5.73 Å². The summed E-state index contributed by atoms with van der Waals surface area (Å²) in [6.45, 7) is 6.89. The number of halogens is 1. The van der Waals surface area contributed by atoms with Gasteiger partial charge in [0.05, 0.1) is 5.41 Å². The lowest BCUT2D eigenvalue weighted by Crippen LogP contribution is -2.51. The first-order valence-corrected chi connectivity index (χ1v) is 3.66. The lowest BCUT2D eigenvalue weighted by Gasteiger charge is -2.34.